The normalized spacial score (nSPS) is 20.5. The summed E-state index contributed by atoms with van der Waals surface area (Å²) < 4.78 is 1.04. The van der Waals surface area contributed by atoms with Crippen LogP contribution in [0, 0.1) is 6.92 Å². The molecule has 1 atom stereocenters. The third-order valence-electron chi connectivity index (χ3n) is 3.15. The number of halogens is 1. The number of carbonyl (C=O) groups is 1. The lowest BCUT2D eigenvalue weighted by Crippen LogP contribution is -2.36. The van der Waals surface area contributed by atoms with Crippen LogP contribution in [-0.4, -0.2) is 37.0 Å². The van der Waals surface area contributed by atoms with Crippen molar-refractivity contribution in [1.29, 1.82) is 0 Å². The lowest BCUT2D eigenvalue weighted by Gasteiger charge is -2.13. The fraction of sp³-hybridized carbons (Fsp3) is 0.462. The van der Waals surface area contributed by atoms with Gasteiger partial charge < -0.3 is 10.2 Å². The number of nitrogens with zero attached hydrogens (tertiary/aromatic N) is 1. The molecule has 1 aromatic carbocycles. The maximum absolute atomic E-state index is 12.0. The van der Waals surface area contributed by atoms with E-state index in [1.807, 2.05) is 25.1 Å². The summed E-state index contributed by atoms with van der Waals surface area (Å²) in [6, 6.07) is 5.98. The van der Waals surface area contributed by atoms with Gasteiger partial charge >= 0.3 is 0 Å². The molecule has 1 aliphatic rings. The van der Waals surface area contributed by atoms with Crippen LogP contribution in [0.25, 0.3) is 0 Å². The molecular weight excluding hydrogens is 280 g/mol. The molecule has 1 fully saturated rings. The summed E-state index contributed by atoms with van der Waals surface area (Å²) in [5.41, 5.74) is 1.82. The lowest BCUT2D eigenvalue weighted by molar-refractivity contribution is 0.0938. The highest BCUT2D eigenvalue weighted by atomic mass is 79.9. The number of amides is 1. The molecule has 1 heterocycles. The van der Waals surface area contributed by atoms with Gasteiger partial charge in [0.1, 0.15) is 0 Å². The third-order valence-corrected chi connectivity index (χ3v) is 4.04. The second-order valence-electron chi connectivity index (χ2n) is 4.69. The number of hydrogen-bond acceptors (Lipinski definition) is 2. The Labute approximate surface area is 110 Å². The molecule has 0 aliphatic carbocycles. The molecule has 0 spiro atoms. The van der Waals surface area contributed by atoms with E-state index in [9.17, 15) is 4.79 Å². The summed E-state index contributed by atoms with van der Waals surface area (Å²) in [7, 11) is 2.08. The molecule has 1 amide bonds. The van der Waals surface area contributed by atoms with Crippen LogP contribution < -0.4 is 5.32 Å². The first-order valence-corrected chi connectivity index (χ1v) is 6.61. The van der Waals surface area contributed by atoms with Crippen LogP contribution >= 0.6 is 15.9 Å². The average Bonchev–Trinajstić information content (AvgIpc) is 2.68. The van der Waals surface area contributed by atoms with Crippen molar-refractivity contribution in [3.8, 4) is 0 Å². The highest BCUT2D eigenvalue weighted by Crippen LogP contribution is 2.17. The number of hydrogen-bond donors (Lipinski definition) is 1. The van der Waals surface area contributed by atoms with E-state index in [1.54, 1.807) is 0 Å². The van der Waals surface area contributed by atoms with Crippen molar-refractivity contribution >= 4 is 21.8 Å². The maximum atomic E-state index is 12.0. The molecule has 1 saturated heterocycles. The van der Waals surface area contributed by atoms with Gasteiger partial charge in [-0.05, 0) is 50.7 Å². The summed E-state index contributed by atoms with van der Waals surface area (Å²) in [5.74, 6) is 0.0286. The number of rotatable bonds is 2. The highest BCUT2D eigenvalue weighted by Gasteiger charge is 2.21. The largest absolute Gasteiger partial charge is 0.348 e. The summed E-state index contributed by atoms with van der Waals surface area (Å²) in [6.07, 6.45) is 1.04. The summed E-state index contributed by atoms with van der Waals surface area (Å²) in [6.45, 7) is 4.00. The first kappa shape index (κ1) is 12.6. The van der Waals surface area contributed by atoms with Crippen LogP contribution in [0.5, 0.6) is 0 Å². The fourth-order valence-electron chi connectivity index (χ4n) is 2.11. The van der Waals surface area contributed by atoms with Gasteiger partial charge in [-0.2, -0.15) is 0 Å². The van der Waals surface area contributed by atoms with Crippen molar-refractivity contribution < 1.29 is 4.79 Å². The Morgan fingerprint density at radius 2 is 2.29 bits per heavy atom. The topological polar surface area (TPSA) is 32.3 Å². The highest BCUT2D eigenvalue weighted by molar-refractivity contribution is 9.10. The third kappa shape index (κ3) is 3.07. The Morgan fingerprint density at radius 3 is 2.88 bits per heavy atom. The van der Waals surface area contributed by atoms with E-state index in [2.05, 4.69) is 33.2 Å². The number of nitrogens with one attached hydrogen (secondary N) is 1. The van der Waals surface area contributed by atoms with E-state index in [-0.39, 0.29) is 11.9 Å². The number of likely N-dealkylation sites (tertiary alicyclic amines) is 1. The van der Waals surface area contributed by atoms with Crippen molar-refractivity contribution in [2.75, 3.05) is 20.1 Å². The Hall–Kier alpha value is -0.870. The minimum Gasteiger partial charge on any atom is -0.348 e. The Kier molecular flexibility index (Phi) is 3.84. The minimum absolute atomic E-state index is 0.0286. The Balaban J connectivity index is 2.02. The van der Waals surface area contributed by atoms with Crippen molar-refractivity contribution in [3.63, 3.8) is 0 Å². The van der Waals surface area contributed by atoms with Gasteiger partial charge in [0, 0.05) is 22.6 Å². The predicted molar refractivity (Wildman–Crippen MR) is 72.2 cm³/mol. The average molecular weight is 297 g/mol. The summed E-state index contributed by atoms with van der Waals surface area (Å²) in [4.78, 5) is 14.3. The van der Waals surface area contributed by atoms with Gasteiger partial charge in [-0.1, -0.05) is 15.9 Å². The Morgan fingerprint density at radius 1 is 1.53 bits per heavy atom. The van der Waals surface area contributed by atoms with E-state index in [4.69, 9.17) is 0 Å². The number of aryl methyl sites for hydroxylation is 1. The monoisotopic (exact) mass is 296 g/mol. The molecule has 4 heteroatoms. The second-order valence-corrected chi connectivity index (χ2v) is 5.54. The molecular formula is C13H17BrN2O. The number of benzene rings is 1. The van der Waals surface area contributed by atoms with Gasteiger partial charge in [-0.25, -0.2) is 0 Å². The quantitative estimate of drug-likeness (QED) is 0.907. The van der Waals surface area contributed by atoms with E-state index in [1.165, 1.54) is 0 Å². The maximum Gasteiger partial charge on any atom is 0.251 e. The molecule has 3 nitrogen and oxygen atoms in total. The molecule has 92 valence electrons. The van der Waals surface area contributed by atoms with E-state index < -0.39 is 0 Å². The standard InChI is InChI=1S/C13H17BrN2O/c1-9-7-10(3-4-12(9)14)13(17)15-11-5-6-16(2)8-11/h3-4,7,11H,5-6,8H2,1-2H3,(H,15,17). The van der Waals surface area contributed by atoms with Crippen molar-refractivity contribution in [2.45, 2.75) is 19.4 Å². The van der Waals surface area contributed by atoms with Crippen LogP contribution in [0.3, 0.4) is 0 Å². The molecule has 0 bridgehead atoms. The van der Waals surface area contributed by atoms with Crippen molar-refractivity contribution in [3.05, 3.63) is 33.8 Å². The fourth-order valence-corrected chi connectivity index (χ4v) is 2.35. The predicted octanol–water partition coefficient (Wildman–Crippen LogP) is 2.19. The molecule has 0 saturated carbocycles. The smallest absolute Gasteiger partial charge is 0.251 e. The van der Waals surface area contributed by atoms with E-state index >= 15 is 0 Å². The molecule has 1 aromatic rings. The molecule has 0 radical (unpaired) electrons. The van der Waals surface area contributed by atoms with Crippen LogP contribution in [0.1, 0.15) is 22.3 Å². The summed E-state index contributed by atoms with van der Waals surface area (Å²) in [5, 5.41) is 3.08. The number of carbonyl (C=O) groups excluding carboxylic acids is 1. The molecule has 1 aliphatic heterocycles. The zero-order valence-electron chi connectivity index (χ0n) is 10.2. The summed E-state index contributed by atoms with van der Waals surface area (Å²) >= 11 is 3.44. The van der Waals surface area contributed by atoms with Gasteiger partial charge in [-0.15, -0.1) is 0 Å². The van der Waals surface area contributed by atoms with Gasteiger partial charge in [0.25, 0.3) is 5.91 Å². The first-order valence-electron chi connectivity index (χ1n) is 5.82. The SMILES string of the molecule is Cc1cc(C(=O)NC2CCN(C)C2)ccc1Br. The Bertz CT molecular complexity index is 433. The molecule has 0 aromatic heterocycles. The first-order chi connectivity index (χ1) is 8.06. The van der Waals surface area contributed by atoms with Gasteiger partial charge in [0.05, 0.1) is 0 Å². The van der Waals surface area contributed by atoms with E-state index in [0.29, 0.717) is 0 Å². The van der Waals surface area contributed by atoms with Crippen LogP contribution in [0.2, 0.25) is 0 Å². The van der Waals surface area contributed by atoms with E-state index in [0.717, 1.165) is 35.1 Å². The zero-order chi connectivity index (χ0) is 12.4. The van der Waals surface area contributed by atoms with Crippen LogP contribution in [0.4, 0.5) is 0 Å². The molecule has 17 heavy (non-hydrogen) atoms. The van der Waals surface area contributed by atoms with Crippen LogP contribution in [-0.2, 0) is 0 Å². The zero-order valence-corrected chi connectivity index (χ0v) is 11.8. The second kappa shape index (κ2) is 5.19. The molecule has 1 N–H and O–H groups in total. The lowest BCUT2D eigenvalue weighted by atomic mass is 10.1. The minimum atomic E-state index is 0.0286. The number of likely N-dealkylation sites (N-methyl/N-ethyl adjacent to an activating group) is 1. The molecule has 2 rings (SSSR count). The van der Waals surface area contributed by atoms with Gasteiger partial charge in [0.2, 0.25) is 0 Å². The van der Waals surface area contributed by atoms with Crippen LogP contribution in [0.15, 0.2) is 22.7 Å². The van der Waals surface area contributed by atoms with Crippen molar-refractivity contribution in [2.24, 2.45) is 0 Å². The molecule has 1 unspecified atom stereocenters. The van der Waals surface area contributed by atoms with Gasteiger partial charge in [0.15, 0.2) is 0 Å². The van der Waals surface area contributed by atoms with Crippen molar-refractivity contribution in [1.82, 2.24) is 10.2 Å². The van der Waals surface area contributed by atoms with Gasteiger partial charge in [-0.3, -0.25) is 4.79 Å².